The van der Waals surface area contributed by atoms with Crippen LogP contribution in [0, 0.1) is 0 Å². The van der Waals surface area contributed by atoms with Crippen molar-refractivity contribution in [1.82, 2.24) is 20.3 Å². The Bertz CT molecular complexity index is 1660. The van der Waals surface area contributed by atoms with Crippen LogP contribution >= 0.6 is 24.2 Å². The maximum atomic E-state index is 12.6. The summed E-state index contributed by atoms with van der Waals surface area (Å²) in [6.07, 6.45) is 3.27. The molecule has 3 heterocycles. The van der Waals surface area contributed by atoms with Gasteiger partial charge in [-0.15, -0.1) is 12.6 Å². The van der Waals surface area contributed by atoms with Crippen LogP contribution in [-0.2, 0) is 13.5 Å². The van der Waals surface area contributed by atoms with Gasteiger partial charge < -0.3 is 24.7 Å². The Labute approximate surface area is 244 Å². The van der Waals surface area contributed by atoms with E-state index in [1.54, 1.807) is 0 Å². The number of aryl methyl sites for hydroxylation is 2. The highest BCUT2D eigenvalue weighted by molar-refractivity contribution is 7.80. The van der Waals surface area contributed by atoms with E-state index in [4.69, 9.17) is 16.3 Å². The lowest BCUT2D eigenvalue weighted by molar-refractivity contribution is 0.0685. The molecule has 1 unspecified atom stereocenters. The number of nitrogens with one attached hydrogen (secondary N) is 2. The summed E-state index contributed by atoms with van der Waals surface area (Å²) in [4.78, 5) is 13.4. The lowest BCUT2D eigenvalue weighted by Crippen LogP contribution is -2.41. The summed E-state index contributed by atoms with van der Waals surface area (Å²) in [5, 5.41) is 19.5. The number of fused-ring (bicyclic) bond motifs is 3. The fraction of sp³-hybridized carbons (Fsp3) is 0.323. The molecule has 9 heteroatoms. The molecule has 3 N–H and O–H groups in total. The maximum absolute atomic E-state index is 12.6. The van der Waals surface area contributed by atoms with Crippen molar-refractivity contribution >= 4 is 57.4 Å². The number of benzene rings is 3. The molecule has 0 spiro atoms. The average molecular weight is 577 g/mol. The van der Waals surface area contributed by atoms with Crippen molar-refractivity contribution in [3.05, 3.63) is 76.1 Å². The van der Waals surface area contributed by atoms with E-state index in [1.807, 2.05) is 67.2 Å². The molecule has 4 aromatic rings. The minimum absolute atomic E-state index is 0.0563. The highest BCUT2D eigenvalue weighted by Crippen LogP contribution is 2.43. The molecule has 6 rings (SSSR count). The number of halogens is 1. The predicted molar refractivity (Wildman–Crippen MR) is 164 cm³/mol. The smallest absolute Gasteiger partial charge is 0.352 e. The van der Waals surface area contributed by atoms with Crippen LogP contribution in [0.25, 0.3) is 27.2 Å². The minimum atomic E-state index is -0.943. The van der Waals surface area contributed by atoms with Crippen molar-refractivity contribution in [1.29, 1.82) is 0 Å². The van der Waals surface area contributed by atoms with Gasteiger partial charge in [-0.3, -0.25) is 0 Å². The molecule has 1 atom stereocenters. The second-order valence-corrected chi connectivity index (χ2v) is 11.4. The van der Waals surface area contributed by atoms with Crippen LogP contribution in [0.4, 0.5) is 0 Å². The summed E-state index contributed by atoms with van der Waals surface area (Å²) in [6, 6.07) is 16.0. The molecule has 0 aliphatic carbocycles. The van der Waals surface area contributed by atoms with E-state index < -0.39 is 5.97 Å². The molecule has 3 aromatic carbocycles. The topological polar surface area (TPSA) is 78.8 Å². The Morgan fingerprint density at radius 3 is 2.85 bits per heavy atom. The first-order chi connectivity index (χ1) is 19.4. The normalized spacial score (nSPS) is 16.9. The molecule has 1 saturated heterocycles. The lowest BCUT2D eigenvalue weighted by Gasteiger charge is -2.19. The SMILES string of the molecule is CNCC1NN2CCCC2=C1c1c(Cl)ccc2c(CCCOc3cc(S)cc4ccccc34)c(C(=O)O)n(C)c12. The van der Waals surface area contributed by atoms with Crippen molar-refractivity contribution in [3.8, 4) is 5.75 Å². The van der Waals surface area contributed by atoms with Crippen LogP contribution in [0.2, 0.25) is 5.02 Å². The molecule has 7 nitrogen and oxygen atoms in total. The van der Waals surface area contributed by atoms with Gasteiger partial charge in [-0.25, -0.2) is 10.2 Å². The molecule has 0 amide bonds. The van der Waals surface area contributed by atoms with E-state index in [1.165, 1.54) is 5.70 Å². The summed E-state index contributed by atoms with van der Waals surface area (Å²) in [6.45, 7) is 2.15. The van der Waals surface area contributed by atoms with E-state index in [2.05, 4.69) is 28.4 Å². The number of thiol groups is 1. The number of ether oxygens (including phenoxy) is 1. The van der Waals surface area contributed by atoms with Crippen molar-refractivity contribution in [2.24, 2.45) is 7.05 Å². The molecule has 0 radical (unpaired) electrons. The molecule has 1 aromatic heterocycles. The highest BCUT2D eigenvalue weighted by atomic mass is 35.5. The number of carbonyl (C=O) groups is 1. The Kier molecular flexibility index (Phi) is 7.44. The Morgan fingerprint density at radius 1 is 1.23 bits per heavy atom. The van der Waals surface area contributed by atoms with E-state index in [0.717, 1.165) is 75.0 Å². The first kappa shape index (κ1) is 27.0. The van der Waals surface area contributed by atoms with Crippen LogP contribution in [0.1, 0.15) is 40.9 Å². The van der Waals surface area contributed by atoms with E-state index >= 15 is 0 Å². The van der Waals surface area contributed by atoms with Crippen molar-refractivity contribution in [3.63, 3.8) is 0 Å². The molecule has 0 saturated carbocycles. The average Bonchev–Trinajstić information content (AvgIpc) is 3.59. The number of hydrogen-bond donors (Lipinski definition) is 4. The summed E-state index contributed by atoms with van der Waals surface area (Å²) in [5.41, 5.74) is 8.94. The van der Waals surface area contributed by atoms with Gasteiger partial charge in [0.1, 0.15) is 11.4 Å². The zero-order chi connectivity index (χ0) is 28.0. The van der Waals surface area contributed by atoms with Gasteiger partial charge in [0.2, 0.25) is 0 Å². The van der Waals surface area contributed by atoms with Crippen LogP contribution in [-0.4, -0.2) is 53.4 Å². The summed E-state index contributed by atoms with van der Waals surface area (Å²) in [5.74, 6) is -0.158. The monoisotopic (exact) mass is 576 g/mol. The molecule has 2 aliphatic rings. The van der Waals surface area contributed by atoms with Crippen LogP contribution in [0.5, 0.6) is 5.75 Å². The van der Waals surface area contributed by atoms with Crippen molar-refractivity contribution in [2.45, 2.75) is 36.6 Å². The van der Waals surface area contributed by atoms with Gasteiger partial charge in [-0.05, 0) is 61.9 Å². The van der Waals surface area contributed by atoms with Crippen LogP contribution in [0.3, 0.4) is 0 Å². The summed E-state index contributed by atoms with van der Waals surface area (Å²) < 4.78 is 8.02. The molecule has 2 aliphatic heterocycles. The fourth-order valence-electron chi connectivity index (χ4n) is 6.41. The first-order valence-corrected chi connectivity index (χ1v) is 14.5. The number of nitrogens with zero attached hydrogens (tertiary/aromatic N) is 2. The Morgan fingerprint density at radius 2 is 2.05 bits per heavy atom. The van der Waals surface area contributed by atoms with Gasteiger partial charge in [-0.2, -0.15) is 0 Å². The van der Waals surface area contributed by atoms with Gasteiger partial charge in [0.25, 0.3) is 0 Å². The third kappa shape index (κ3) is 4.63. The zero-order valence-electron chi connectivity index (χ0n) is 22.6. The number of rotatable bonds is 9. The molecule has 0 bridgehead atoms. The van der Waals surface area contributed by atoms with Gasteiger partial charge in [-0.1, -0.05) is 41.9 Å². The third-order valence-corrected chi connectivity index (χ3v) is 8.59. The van der Waals surface area contributed by atoms with Crippen molar-refractivity contribution < 1.29 is 14.6 Å². The van der Waals surface area contributed by atoms with Crippen molar-refractivity contribution in [2.75, 3.05) is 26.7 Å². The predicted octanol–water partition coefficient (Wildman–Crippen LogP) is 5.90. The second-order valence-electron chi connectivity index (χ2n) is 10.5. The number of allylic oxidation sites excluding steroid dienone is 1. The Hall–Kier alpha value is -3.17. The third-order valence-electron chi connectivity index (χ3n) is 8.02. The first-order valence-electron chi connectivity index (χ1n) is 13.7. The fourth-order valence-corrected chi connectivity index (χ4v) is 6.92. The summed E-state index contributed by atoms with van der Waals surface area (Å²) >= 11 is 11.5. The van der Waals surface area contributed by atoms with Gasteiger partial charge in [0, 0.05) is 52.6 Å². The molecule has 40 heavy (non-hydrogen) atoms. The number of carboxylic acid groups (broad SMARTS) is 1. The van der Waals surface area contributed by atoms with E-state index in [0.29, 0.717) is 30.2 Å². The number of likely N-dealkylation sites (N-methyl/N-ethyl adjacent to an activating group) is 1. The molecular formula is C31H33ClN4O3S. The standard InChI is InChI=1S/C31H33ClN4O3S/c1-33-17-24-28(25-10-5-13-36(25)34-24)27-23(32)12-11-22-21(30(31(37)38)35(2)29(22)27)9-6-14-39-26-16-19(40)15-18-7-3-4-8-20(18)26/h3-4,7-8,11-12,15-16,24,33-34,40H,5-6,9-10,13-14,17H2,1-2H3,(H,37,38). The number of aromatic nitrogens is 1. The number of hydrazine groups is 1. The molecule has 1 fully saturated rings. The van der Waals surface area contributed by atoms with Gasteiger partial charge in [0.15, 0.2) is 0 Å². The van der Waals surface area contributed by atoms with E-state index in [-0.39, 0.29) is 6.04 Å². The largest absolute Gasteiger partial charge is 0.493 e. The minimum Gasteiger partial charge on any atom is -0.493 e. The van der Waals surface area contributed by atoms with Gasteiger partial charge in [0.05, 0.1) is 23.2 Å². The number of carboxylic acids is 1. The zero-order valence-corrected chi connectivity index (χ0v) is 24.3. The second kappa shape index (κ2) is 11.0. The maximum Gasteiger partial charge on any atom is 0.352 e. The summed E-state index contributed by atoms with van der Waals surface area (Å²) in [7, 11) is 3.78. The van der Waals surface area contributed by atoms with Gasteiger partial charge >= 0.3 is 5.97 Å². The van der Waals surface area contributed by atoms with E-state index in [9.17, 15) is 9.90 Å². The lowest BCUT2D eigenvalue weighted by atomic mass is 9.93. The molecule has 208 valence electrons. The number of hydrogen-bond acceptors (Lipinski definition) is 6. The quantitative estimate of drug-likeness (QED) is 0.147. The Balaban J connectivity index is 1.36. The number of aromatic carboxylic acids is 1. The highest BCUT2D eigenvalue weighted by Gasteiger charge is 2.37. The molecular weight excluding hydrogens is 544 g/mol. The van der Waals surface area contributed by atoms with Crippen LogP contribution < -0.4 is 15.5 Å². The van der Waals surface area contributed by atoms with Crippen LogP contribution in [0.15, 0.2) is 59.1 Å².